The Hall–Kier alpha value is -0.570. The highest BCUT2D eigenvalue weighted by Gasteiger charge is 2.39. The molecule has 1 saturated carbocycles. The van der Waals surface area contributed by atoms with Crippen LogP contribution in [0.15, 0.2) is 0 Å². The highest BCUT2D eigenvalue weighted by atomic mass is 16.2. The van der Waals surface area contributed by atoms with E-state index in [1.54, 1.807) is 0 Å². The van der Waals surface area contributed by atoms with Crippen LogP contribution < -0.4 is 5.32 Å². The third-order valence-electron chi connectivity index (χ3n) is 5.13. The zero-order chi connectivity index (χ0) is 13.9. The molecular weight excluding hydrogens is 236 g/mol. The topological polar surface area (TPSA) is 32.3 Å². The van der Waals surface area contributed by atoms with E-state index in [1.165, 1.54) is 32.1 Å². The van der Waals surface area contributed by atoms with Gasteiger partial charge in [-0.25, -0.2) is 0 Å². The van der Waals surface area contributed by atoms with Gasteiger partial charge in [-0.3, -0.25) is 4.79 Å². The summed E-state index contributed by atoms with van der Waals surface area (Å²) in [5, 5.41) is 3.25. The third-order valence-corrected chi connectivity index (χ3v) is 5.13. The lowest BCUT2D eigenvalue weighted by Gasteiger charge is -2.42. The minimum atomic E-state index is 0.200. The van der Waals surface area contributed by atoms with Gasteiger partial charge in [-0.2, -0.15) is 0 Å². The maximum Gasteiger partial charge on any atom is 0.226 e. The van der Waals surface area contributed by atoms with E-state index >= 15 is 0 Å². The molecule has 19 heavy (non-hydrogen) atoms. The SMILES string of the molecule is CNCC1CCCN(C(=O)C2CCCCC2(C)C)C1. The number of carbonyl (C=O) groups is 1. The van der Waals surface area contributed by atoms with Crippen molar-refractivity contribution in [1.29, 1.82) is 0 Å². The van der Waals surface area contributed by atoms with E-state index in [1.807, 2.05) is 7.05 Å². The van der Waals surface area contributed by atoms with Gasteiger partial charge in [-0.1, -0.05) is 26.7 Å². The monoisotopic (exact) mass is 266 g/mol. The Morgan fingerprint density at radius 1 is 1.26 bits per heavy atom. The van der Waals surface area contributed by atoms with Crippen molar-refractivity contribution in [1.82, 2.24) is 10.2 Å². The molecule has 1 saturated heterocycles. The van der Waals surface area contributed by atoms with Crippen LogP contribution in [0.3, 0.4) is 0 Å². The van der Waals surface area contributed by atoms with Crippen molar-refractivity contribution in [2.75, 3.05) is 26.7 Å². The molecule has 2 unspecified atom stereocenters. The van der Waals surface area contributed by atoms with E-state index in [9.17, 15) is 4.79 Å². The first-order chi connectivity index (χ1) is 9.04. The summed E-state index contributed by atoms with van der Waals surface area (Å²) in [6, 6.07) is 0. The van der Waals surface area contributed by atoms with Gasteiger partial charge in [0.2, 0.25) is 5.91 Å². The maximum absolute atomic E-state index is 12.8. The molecule has 3 nitrogen and oxygen atoms in total. The number of nitrogens with one attached hydrogen (secondary N) is 1. The smallest absolute Gasteiger partial charge is 0.226 e. The summed E-state index contributed by atoms with van der Waals surface area (Å²) in [4.78, 5) is 15.0. The largest absolute Gasteiger partial charge is 0.342 e. The molecule has 110 valence electrons. The van der Waals surface area contributed by atoms with Crippen molar-refractivity contribution in [3.05, 3.63) is 0 Å². The van der Waals surface area contributed by atoms with Gasteiger partial charge in [-0.15, -0.1) is 0 Å². The van der Waals surface area contributed by atoms with Gasteiger partial charge in [0.1, 0.15) is 0 Å². The molecule has 1 amide bonds. The highest BCUT2D eigenvalue weighted by Crippen LogP contribution is 2.41. The molecule has 2 atom stereocenters. The van der Waals surface area contributed by atoms with Crippen LogP contribution >= 0.6 is 0 Å². The summed E-state index contributed by atoms with van der Waals surface area (Å²) in [7, 11) is 2.00. The summed E-state index contributed by atoms with van der Waals surface area (Å²) in [6.45, 7) is 7.54. The third kappa shape index (κ3) is 3.50. The van der Waals surface area contributed by atoms with Crippen molar-refractivity contribution in [3.8, 4) is 0 Å². The fourth-order valence-corrected chi connectivity index (χ4v) is 3.89. The molecule has 2 fully saturated rings. The van der Waals surface area contributed by atoms with E-state index in [0.717, 1.165) is 26.1 Å². The van der Waals surface area contributed by atoms with Crippen LogP contribution in [0.4, 0.5) is 0 Å². The van der Waals surface area contributed by atoms with E-state index in [2.05, 4.69) is 24.1 Å². The Labute approximate surface area is 118 Å². The molecule has 3 heteroatoms. The molecule has 1 N–H and O–H groups in total. The van der Waals surface area contributed by atoms with E-state index in [0.29, 0.717) is 11.8 Å². The number of hydrogen-bond acceptors (Lipinski definition) is 2. The fourth-order valence-electron chi connectivity index (χ4n) is 3.89. The molecule has 0 aromatic carbocycles. The Morgan fingerprint density at radius 3 is 2.74 bits per heavy atom. The van der Waals surface area contributed by atoms with E-state index < -0.39 is 0 Å². The lowest BCUT2D eigenvalue weighted by Crippen LogP contribution is -2.48. The van der Waals surface area contributed by atoms with Crippen LogP contribution in [-0.2, 0) is 4.79 Å². The summed E-state index contributed by atoms with van der Waals surface area (Å²) >= 11 is 0. The second kappa shape index (κ2) is 6.25. The Balaban J connectivity index is 1.98. The van der Waals surface area contributed by atoms with Gasteiger partial charge in [0.15, 0.2) is 0 Å². The van der Waals surface area contributed by atoms with Gasteiger partial charge in [0.05, 0.1) is 0 Å². The van der Waals surface area contributed by atoms with E-state index in [4.69, 9.17) is 0 Å². The molecule has 0 radical (unpaired) electrons. The molecule has 0 aromatic heterocycles. The van der Waals surface area contributed by atoms with E-state index in [-0.39, 0.29) is 11.3 Å². The average molecular weight is 266 g/mol. The Morgan fingerprint density at radius 2 is 2.05 bits per heavy atom. The number of amides is 1. The number of nitrogens with zero attached hydrogens (tertiary/aromatic N) is 1. The minimum Gasteiger partial charge on any atom is -0.342 e. The van der Waals surface area contributed by atoms with Crippen molar-refractivity contribution in [2.45, 2.75) is 52.4 Å². The molecule has 0 bridgehead atoms. The Kier molecular flexibility index (Phi) is 4.88. The van der Waals surface area contributed by atoms with Crippen molar-refractivity contribution in [2.24, 2.45) is 17.3 Å². The van der Waals surface area contributed by atoms with Gasteiger partial charge >= 0.3 is 0 Å². The van der Waals surface area contributed by atoms with Crippen LogP contribution in [0.2, 0.25) is 0 Å². The number of hydrogen-bond donors (Lipinski definition) is 1. The summed E-state index contributed by atoms with van der Waals surface area (Å²) in [6.07, 6.45) is 7.26. The molecular formula is C16H30N2O. The van der Waals surface area contributed by atoms with Crippen LogP contribution in [-0.4, -0.2) is 37.5 Å². The quantitative estimate of drug-likeness (QED) is 0.852. The van der Waals surface area contributed by atoms with Crippen LogP contribution in [0.1, 0.15) is 52.4 Å². The minimum absolute atomic E-state index is 0.200. The van der Waals surface area contributed by atoms with Gasteiger partial charge in [-0.05, 0) is 50.6 Å². The number of rotatable bonds is 3. The lowest BCUT2D eigenvalue weighted by atomic mass is 9.68. The maximum atomic E-state index is 12.8. The standard InChI is InChI=1S/C16H30N2O/c1-16(2)9-5-4-8-14(16)15(19)18-10-6-7-13(12-18)11-17-3/h13-14,17H,4-12H2,1-3H3. The molecule has 0 spiro atoms. The van der Waals surface area contributed by atoms with Gasteiger partial charge < -0.3 is 10.2 Å². The second-order valence-electron chi connectivity index (χ2n) is 7.14. The first-order valence-electron chi connectivity index (χ1n) is 7.98. The highest BCUT2D eigenvalue weighted by molar-refractivity contribution is 5.79. The van der Waals surface area contributed by atoms with Gasteiger partial charge in [0, 0.05) is 19.0 Å². The molecule has 2 aliphatic rings. The zero-order valence-electron chi connectivity index (χ0n) is 12.9. The van der Waals surface area contributed by atoms with Crippen LogP contribution in [0, 0.1) is 17.3 Å². The summed E-state index contributed by atoms with van der Waals surface area (Å²) in [5.41, 5.74) is 0.200. The first kappa shape index (κ1) is 14.8. The van der Waals surface area contributed by atoms with Gasteiger partial charge in [0.25, 0.3) is 0 Å². The zero-order valence-corrected chi connectivity index (χ0v) is 12.9. The number of piperidine rings is 1. The van der Waals surface area contributed by atoms with Crippen LogP contribution in [0.25, 0.3) is 0 Å². The average Bonchev–Trinajstić information content (AvgIpc) is 2.38. The molecule has 0 aromatic rings. The molecule has 1 heterocycles. The van der Waals surface area contributed by atoms with Crippen molar-refractivity contribution >= 4 is 5.91 Å². The predicted octanol–water partition coefficient (Wildman–Crippen LogP) is 2.66. The summed E-state index contributed by atoms with van der Waals surface area (Å²) < 4.78 is 0. The molecule has 2 rings (SSSR count). The second-order valence-corrected chi connectivity index (χ2v) is 7.14. The Bertz CT molecular complexity index is 312. The first-order valence-corrected chi connectivity index (χ1v) is 7.98. The predicted molar refractivity (Wildman–Crippen MR) is 79.0 cm³/mol. The normalized spacial score (nSPS) is 31.2. The fraction of sp³-hybridized carbons (Fsp3) is 0.938. The molecule has 1 aliphatic heterocycles. The van der Waals surface area contributed by atoms with Crippen LogP contribution in [0.5, 0.6) is 0 Å². The lowest BCUT2D eigenvalue weighted by molar-refractivity contribution is -0.143. The molecule has 1 aliphatic carbocycles. The van der Waals surface area contributed by atoms with Crippen molar-refractivity contribution < 1.29 is 4.79 Å². The number of carbonyl (C=O) groups excluding carboxylic acids is 1. The summed E-state index contributed by atoms with van der Waals surface area (Å²) in [5.74, 6) is 1.34. The number of likely N-dealkylation sites (tertiary alicyclic amines) is 1. The van der Waals surface area contributed by atoms with Crippen molar-refractivity contribution in [3.63, 3.8) is 0 Å².